The molecule has 5 heteroatoms. The van der Waals surface area contributed by atoms with Crippen LogP contribution in [-0.2, 0) is 0 Å². The maximum atomic E-state index is 4.45. The Morgan fingerprint density at radius 1 is 1.26 bits per heavy atom. The molecular formula is C22H37N5. The zero-order valence-electron chi connectivity index (χ0n) is 17.6. The van der Waals surface area contributed by atoms with Gasteiger partial charge >= 0.3 is 0 Å². The average Bonchev–Trinajstić information content (AvgIpc) is 3.42. The monoisotopic (exact) mass is 371 g/mol. The van der Waals surface area contributed by atoms with E-state index in [1.165, 1.54) is 24.8 Å². The van der Waals surface area contributed by atoms with Crippen LogP contribution in [0.1, 0.15) is 58.6 Å². The van der Waals surface area contributed by atoms with Crippen molar-refractivity contribution in [1.29, 1.82) is 0 Å². The summed E-state index contributed by atoms with van der Waals surface area (Å²) in [4.78, 5) is 7.12. The molecule has 2 aliphatic rings. The van der Waals surface area contributed by atoms with Crippen LogP contribution in [0.5, 0.6) is 0 Å². The number of nitrogens with one attached hydrogen (secondary N) is 3. The van der Waals surface area contributed by atoms with Crippen LogP contribution < -0.4 is 16.0 Å². The summed E-state index contributed by atoms with van der Waals surface area (Å²) in [5, 5.41) is 10.9. The summed E-state index contributed by atoms with van der Waals surface area (Å²) >= 11 is 0. The fourth-order valence-electron chi connectivity index (χ4n) is 4.23. The topological polar surface area (TPSA) is 51.7 Å². The standard InChI is InChI=1S/C22H37N5/c1-16-13-19(14-27(16)20-11-12-20)25-21(23-5)24-15-22(3,4)26-17(2)18-9-7-6-8-10-18/h6-10,16-17,19-20,26H,11-15H2,1-5H3,(H2,23,24,25). The van der Waals surface area contributed by atoms with Gasteiger partial charge < -0.3 is 16.0 Å². The van der Waals surface area contributed by atoms with E-state index in [9.17, 15) is 0 Å². The number of aliphatic imine (C=N–C) groups is 1. The van der Waals surface area contributed by atoms with E-state index in [0.717, 1.165) is 25.1 Å². The molecule has 0 bridgehead atoms. The van der Waals surface area contributed by atoms with Gasteiger partial charge in [0.2, 0.25) is 0 Å². The predicted octanol–water partition coefficient (Wildman–Crippen LogP) is 2.91. The van der Waals surface area contributed by atoms with E-state index in [2.05, 4.69) is 83.9 Å². The second-order valence-corrected chi connectivity index (χ2v) is 8.94. The van der Waals surface area contributed by atoms with E-state index in [-0.39, 0.29) is 5.54 Å². The summed E-state index contributed by atoms with van der Waals surface area (Å²) in [5.74, 6) is 0.909. The van der Waals surface area contributed by atoms with Crippen molar-refractivity contribution >= 4 is 5.96 Å². The molecule has 1 heterocycles. The maximum Gasteiger partial charge on any atom is 0.191 e. The van der Waals surface area contributed by atoms with Crippen LogP contribution in [-0.4, -0.2) is 54.7 Å². The van der Waals surface area contributed by atoms with Gasteiger partial charge in [-0.1, -0.05) is 30.3 Å². The highest BCUT2D eigenvalue weighted by molar-refractivity contribution is 5.80. The molecule has 150 valence electrons. The van der Waals surface area contributed by atoms with Gasteiger partial charge in [-0.2, -0.15) is 0 Å². The van der Waals surface area contributed by atoms with Gasteiger partial charge in [-0.25, -0.2) is 0 Å². The Bertz CT molecular complexity index is 623. The highest BCUT2D eigenvalue weighted by Gasteiger charge is 2.39. The van der Waals surface area contributed by atoms with Crippen LogP contribution in [0.3, 0.4) is 0 Å². The normalized spacial score (nSPS) is 25.4. The maximum absolute atomic E-state index is 4.45. The molecule has 0 amide bonds. The summed E-state index contributed by atoms with van der Waals surface area (Å²) < 4.78 is 0. The third kappa shape index (κ3) is 5.69. The van der Waals surface area contributed by atoms with Crippen LogP contribution in [0.2, 0.25) is 0 Å². The van der Waals surface area contributed by atoms with Gasteiger partial charge in [0.1, 0.15) is 0 Å². The van der Waals surface area contributed by atoms with Gasteiger partial charge in [0.25, 0.3) is 0 Å². The van der Waals surface area contributed by atoms with Crippen LogP contribution in [0.4, 0.5) is 0 Å². The predicted molar refractivity (Wildman–Crippen MR) is 114 cm³/mol. The van der Waals surface area contributed by atoms with Crippen LogP contribution in [0.25, 0.3) is 0 Å². The third-order valence-corrected chi connectivity index (χ3v) is 5.81. The first-order valence-corrected chi connectivity index (χ1v) is 10.4. The van der Waals surface area contributed by atoms with Crippen molar-refractivity contribution in [1.82, 2.24) is 20.9 Å². The van der Waals surface area contributed by atoms with E-state index in [4.69, 9.17) is 0 Å². The van der Waals surface area contributed by atoms with Crippen molar-refractivity contribution < 1.29 is 0 Å². The number of nitrogens with zero attached hydrogens (tertiary/aromatic N) is 2. The Hall–Kier alpha value is -1.59. The Morgan fingerprint density at radius 2 is 1.96 bits per heavy atom. The Balaban J connectivity index is 1.46. The number of benzene rings is 1. The molecule has 1 saturated heterocycles. The molecule has 5 nitrogen and oxygen atoms in total. The minimum atomic E-state index is -0.0457. The number of hydrogen-bond acceptors (Lipinski definition) is 3. The van der Waals surface area contributed by atoms with E-state index in [1.807, 2.05) is 7.05 Å². The minimum Gasteiger partial charge on any atom is -0.355 e. The van der Waals surface area contributed by atoms with E-state index in [1.54, 1.807) is 0 Å². The second kappa shape index (κ2) is 8.61. The van der Waals surface area contributed by atoms with Crippen molar-refractivity contribution in [3.8, 4) is 0 Å². The molecule has 1 aliphatic heterocycles. The van der Waals surface area contributed by atoms with Gasteiger partial charge in [0.05, 0.1) is 0 Å². The van der Waals surface area contributed by atoms with E-state index in [0.29, 0.717) is 18.1 Å². The Labute approximate surface area is 165 Å². The lowest BCUT2D eigenvalue weighted by Crippen LogP contribution is -2.53. The summed E-state index contributed by atoms with van der Waals surface area (Å²) in [6.45, 7) is 11.0. The zero-order chi connectivity index (χ0) is 19.4. The molecule has 1 aromatic carbocycles. The molecular weight excluding hydrogens is 334 g/mol. The van der Waals surface area contributed by atoms with Crippen LogP contribution >= 0.6 is 0 Å². The molecule has 1 saturated carbocycles. The molecule has 3 unspecified atom stereocenters. The Morgan fingerprint density at radius 3 is 2.59 bits per heavy atom. The average molecular weight is 372 g/mol. The van der Waals surface area contributed by atoms with Gasteiger partial charge in [-0.3, -0.25) is 9.89 Å². The van der Waals surface area contributed by atoms with Crippen molar-refractivity contribution in [3.63, 3.8) is 0 Å². The Kier molecular flexibility index (Phi) is 6.43. The summed E-state index contributed by atoms with van der Waals surface area (Å²) in [5.41, 5.74) is 1.27. The molecule has 0 radical (unpaired) electrons. The van der Waals surface area contributed by atoms with Gasteiger partial charge in [-0.05, 0) is 52.5 Å². The van der Waals surface area contributed by atoms with E-state index < -0.39 is 0 Å². The van der Waals surface area contributed by atoms with Gasteiger partial charge in [0, 0.05) is 49.8 Å². The molecule has 3 rings (SSSR count). The number of guanidine groups is 1. The van der Waals surface area contributed by atoms with Crippen molar-refractivity contribution in [3.05, 3.63) is 35.9 Å². The first-order chi connectivity index (χ1) is 12.9. The second-order valence-electron chi connectivity index (χ2n) is 8.94. The van der Waals surface area contributed by atoms with Crippen molar-refractivity contribution in [2.45, 2.75) is 76.7 Å². The molecule has 1 aromatic rings. The molecule has 3 atom stereocenters. The molecule has 2 fully saturated rings. The minimum absolute atomic E-state index is 0.0457. The quantitative estimate of drug-likeness (QED) is 0.510. The number of likely N-dealkylation sites (tertiary alicyclic amines) is 1. The van der Waals surface area contributed by atoms with Crippen molar-refractivity contribution in [2.24, 2.45) is 4.99 Å². The molecule has 3 N–H and O–H groups in total. The SMILES string of the molecule is CN=C(NCC(C)(C)NC(C)c1ccccc1)NC1CC(C)N(C2CC2)C1. The molecule has 1 aliphatic carbocycles. The molecule has 0 spiro atoms. The summed E-state index contributed by atoms with van der Waals surface area (Å²) in [6, 6.07) is 12.9. The summed E-state index contributed by atoms with van der Waals surface area (Å²) in [7, 11) is 1.86. The lowest BCUT2D eigenvalue weighted by atomic mass is 10.0. The lowest BCUT2D eigenvalue weighted by molar-refractivity contribution is 0.256. The van der Waals surface area contributed by atoms with Crippen LogP contribution in [0.15, 0.2) is 35.3 Å². The fourth-order valence-corrected chi connectivity index (χ4v) is 4.23. The zero-order valence-corrected chi connectivity index (χ0v) is 17.6. The highest BCUT2D eigenvalue weighted by Crippen LogP contribution is 2.33. The number of rotatable bonds is 7. The first-order valence-electron chi connectivity index (χ1n) is 10.4. The highest BCUT2D eigenvalue weighted by atomic mass is 15.3. The largest absolute Gasteiger partial charge is 0.355 e. The summed E-state index contributed by atoms with van der Waals surface area (Å²) in [6.07, 6.45) is 3.96. The van der Waals surface area contributed by atoms with Gasteiger partial charge in [-0.15, -0.1) is 0 Å². The smallest absolute Gasteiger partial charge is 0.191 e. The van der Waals surface area contributed by atoms with E-state index >= 15 is 0 Å². The van der Waals surface area contributed by atoms with Gasteiger partial charge in [0.15, 0.2) is 5.96 Å². The first kappa shape index (κ1) is 20.2. The molecule has 0 aromatic heterocycles. The third-order valence-electron chi connectivity index (χ3n) is 5.81. The lowest BCUT2D eigenvalue weighted by Gasteiger charge is -2.32. The fraction of sp³-hybridized carbons (Fsp3) is 0.682. The van der Waals surface area contributed by atoms with Crippen LogP contribution in [0, 0.1) is 0 Å². The molecule has 27 heavy (non-hydrogen) atoms. The van der Waals surface area contributed by atoms with Crippen molar-refractivity contribution in [2.75, 3.05) is 20.1 Å². The number of hydrogen-bond donors (Lipinski definition) is 3.